The van der Waals surface area contributed by atoms with E-state index in [1.54, 1.807) is 48.5 Å². The summed E-state index contributed by atoms with van der Waals surface area (Å²) in [6.07, 6.45) is 0.0812. The second kappa shape index (κ2) is 10.7. The highest BCUT2D eigenvalue weighted by Crippen LogP contribution is 2.43. The van der Waals surface area contributed by atoms with E-state index in [2.05, 4.69) is 0 Å². The quantitative estimate of drug-likeness (QED) is 0.210. The molecule has 1 heterocycles. The number of aryl methyl sites for hydroxylation is 1. The lowest BCUT2D eigenvalue weighted by atomic mass is 9.92. The van der Waals surface area contributed by atoms with Crippen LogP contribution in [0, 0.1) is 6.92 Å². The summed E-state index contributed by atoms with van der Waals surface area (Å²) in [6.45, 7) is 5.73. The van der Waals surface area contributed by atoms with Gasteiger partial charge < -0.3 is 14.6 Å². The summed E-state index contributed by atoms with van der Waals surface area (Å²) < 4.78 is 10.4. The minimum atomic E-state index is -0.834. The molecule has 3 aromatic rings. The number of carbonyl (C=O) groups is 3. The largest absolute Gasteiger partial charge is 0.507 e. The molecule has 37 heavy (non-hydrogen) atoms. The third-order valence-electron chi connectivity index (χ3n) is 6.22. The molecule has 0 bridgehead atoms. The number of Topliss-reactive ketones (excluding diaryl/α,β-unsaturated/α-hetero) is 1. The first-order valence-electron chi connectivity index (χ1n) is 12.0. The van der Waals surface area contributed by atoms with Crippen molar-refractivity contribution in [3.63, 3.8) is 0 Å². The van der Waals surface area contributed by atoms with E-state index >= 15 is 0 Å². The number of amides is 1. The minimum Gasteiger partial charge on any atom is -0.507 e. The summed E-state index contributed by atoms with van der Waals surface area (Å²) in [6, 6.07) is 20.2. The Kier molecular flexibility index (Phi) is 7.43. The molecular weight excluding hydrogens is 470 g/mol. The molecule has 1 saturated heterocycles. The van der Waals surface area contributed by atoms with Crippen LogP contribution < -0.4 is 9.64 Å². The molecule has 1 fully saturated rings. The standard InChI is InChI=1S/C30H29NO6/c1-18(2)37-23-15-11-21(12-16-23)28(33)26-27(24-8-6-5-7-19(24)3)31(30(35)29(26)34)22-13-9-20(10-14-22)17-25(32)36-4/h5-16,18,27,33H,17H2,1-4H3/b28-26-. The van der Waals surface area contributed by atoms with Crippen LogP contribution in [-0.4, -0.2) is 36.0 Å². The number of carbonyl (C=O) groups excluding carboxylic acids is 3. The predicted octanol–water partition coefficient (Wildman–Crippen LogP) is 5.12. The van der Waals surface area contributed by atoms with Crippen molar-refractivity contribution in [2.75, 3.05) is 12.0 Å². The molecule has 3 aromatic carbocycles. The number of hydrogen-bond acceptors (Lipinski definition) is 6. The molecule has 0 spiro atoms. The molecular formula is C30H29NO6. The summed E-state index contributed by atoms with van der Waals surface area (Å²) in [5.41, 5.74) is 3.19. The second-order valence-corrected chi connectivity index (χ2v) is 9.14. The van der Waals surface area contributed by atoms with Crippen LogP contribution in [0.3, 0.4) is 0 Å². The van der Waals surface area contributed by atoms with Crippen LogP contribution in [0.5, 0.6) is 5.75 Å². The average molecular weight is 500 g/mol. The Bertz CT molecular complexity index is 1360. The van der Waals surface area contributed by atoms with Gasteiger partial charge in [-0.2, -0.15) is 0 Å². The Morgan fingerprint density at radius 1 is 0.973 bits per heavy atom. The zero-order valence-electron chi connectivity index (χ0n) is 21.2. The summed E-state index contributed by atoms with van der Waals surface area (Å²) in [7, 11) is 1.32. The van der Waals surface area contributed by atoms with E-state index in [-0.39, 0.29) is 29.8 Å². The first kappa shape index (κ1) is 25.7. The Morgan fingerprint density at radius 3 is 2.22 bits per heavy atom. The second-order valence-electron chi connectivity index (χ2n) is 9.14. The maximum absolute atomic E-state index is 13.4. The molecule has 0 aromatic heterocycles. The van der Waals surface area contributed by atoms with Gasteiger partial charge in [0.1, 0.15) is 11.5 Å². The minimum absolute atomic E-state index is 0.00941. The van der Waals surface area contributed by atoms with Crippen molar-refractivity contribution < 1.29 is 29.0 Å². The number of aliphatic hydroxyl groups excluding tert-OH is 1. The van der Waals surface area contributed by atoms with E-state index < -0.39 is 17.7 Å². The molecule has 0 saturated carbocycles. The molecule has 1 N–H and O–H groups in total. The number of aliphatic hydroxyl groups is 1. The number of anilines is 1. The monoisotopic (exact) mass is 499 g/mol. The van der Waals surface area contributed by atoms with E-state index in [1.165, 1.54) is 12.0 Å². The van der Waals surface area contributed by atoms with Gasteiger partial charge >= 0.3 is 5.97 Å². The van der Waals surface area contributed by atoms with Gasteiger partial charge in [0.15, 0.2) is 0 Å². The summed E-state index contributed by atoms with van der Waals surface area (Å²) in [5.74, 6) is -1.51. The number of benzene rings is 3. The maximum atomic E-state index is 13.4. The molecule has 1 aliphatic rings. The van der Waals surface area contributed by atoms with Crippen LogP contribution in [0.4, 0.5) is 5.69 Å². The van der Waals surface area contributed by atoms with Gasteiger partial charge in [-0.25, -0.2) is 0 Å². The lowest BCUT2D eigenvalue weighted by Crippen LogP contribution is -2.29. The maximum Gasteiger partial charge on any atom is 0.309 e. The molecule has 1 atom stereocenters. The number of hydrogen-bond donors (Lipinski definition) is 1. The van der Waals surface area contributed by atoms with Gasteiger partial charge in [0, 0.05) is 11.3 Å². The summed E-state index contributed by atoms with van der Waals surface area (Å²) >= 11 is 0. The van der Waals surface area contributed by atoms with Gasteiger partial charge in [0.05, 0.1) is 31.2 Å². The van der Waals surface area contributed by atoms with Crippen LogP contribution in [0.25, 0.3) is 5.76 Å². The Balaban J connectivity index is 1.81. The van der Waals surface area contributed by atoms with Crippen molar-refractivity contribution in [2.45, 2.75) is 39.3 Å². The van der Waals surface area contributed by atoms with Crippen LogP contribution in [0.1, 0.15) is 42.1 Å². The van der Waals surface area contributed by atoms with Gasteiger partial charge in [-0.05, 0) is 73.9 Å². The third-order valence-corrected chi connectivity index (χ3v) is 6.22. The first-order valence-corrected chi connectivity index (χ1v) is 12.0. The molecule has 1 unspecified atom stereocenters. The van der Waals surface area contributed by atoms with Crippen molar-refractivity contribution in [2.24, 2.45) is 0 Å². The van der Waals surface area contributed by atoms with Crippen molar-refractivity contribution in [1.29, 1.82) is 0 Å². The number of ether oxygens (including phenoxy) is 2. The third kappa shape index (κ3) is 5.26. The van der Waals surface area contributed by atoms with Crippen molar-refractivity contribution in [3.05, 3.63) is 101 Å². The van der Waals surface area contributed by atoms with Crippen molar-refractivity contribution >= 4 is 29.1 Å². The average Bonchev–Trinajstić information content (AvgIpc) is 3.14. The zero-order chi connectivity index (χ0) is 26.7. The number of rotatable bonds is 7. The SMILES string of the molecule is COC(=O)Cc1ccc(N2C(=O)C(=O)/C(=C(\O)c3ccc(OC(C)C)cc3)C2c2ccccc2C)cc1. The fraction of sp³-hybridized carbons (Fsp3) is 0.233. The summed E-state index contributed by atoms with van der Waals surface area (Å²) in [4.78, 5) is 39.8. The van der Waals surface area contributed by atoms with E-state index in [4.69, 9.17) is 9.47 Å². The van der Waals surface area contributed by atoms with Crippen molar-refractivity contribution in [3.8, 4) is 5.75 Å². The molecule has 190 valence electrons. The highest BCUT2D eigenvalue weighted by molar-refractivity contribution is 6.51. The number of ketones is 1. The fourth-order valence-electron chi connectivity index (χ4n) is 4.42. The van der Waals surface area contributed by atoms with E-state index in [1.807, 2.05) is 45.0 Å². The van der Waals surface area contributed by atoms with E-state index in [0.717, 1.165) is 11.1 Å². The molecule has 1 amide bonds. The molecule has 7 nitrogen and oxygen atoms in total. The van der Waals surface area contributed by atoms with Crippen LogP contribution >= 0.6 is 0 Å². The van der Waals surface area contributed by atoms with Gasteiger partial charge in [-0.1, -0.05) is 36.4 Å². The fourth-order valence-corrected chi connectivity index (χ4v) is 4.42. The molecule has 1 aliphatic heterocycles. The zero-order valence-corrected chi connectivity index (χ0v) is 21.2. The normalized spacial score (nSPS) is 16.8. The molecule has 0 aliphatic carbocycles. The lowest BCUT2D eigenvalue weighted by molar-refractivity contribution is -0.139. The van der Waals surface area contributed by atoms with E-state index in [0.29, 0.717) is 22.6 Å². The van der Waals surface area contributed by atoms with Crippen LogP contribution in [0.2, 0.25) is 0 Å². The van der Waals surface area contributed by atoms with E-state index in [9.17, 15) is 19.5 Å². The number of nitrogens with zero attached hydrogens (tertiary/aromatic N) is 1. The Labute approximate surface area is 215 Å². The molecule has 7 heteroatoms. The summed E-state index contributed by atoms with van der Waals surface area (Å²) in [5, 5.41) is 11.3. The molecule has 4 rings (SSSR count). The molecule has 0 radical (unpaired) electrons. The smallest absolute Gasteiger partial charge is 0.309 e. The van der Waals surface area contributed by atoms with Gasteiger partial charge in [0.25, 0.3) is 11.7 Å². The first-order chi connectivity index (χ1) is 17.7. The van der Waals surface area contributed by atoms with Gasteiger partial charge in [-0.15, -0.1) is 0 Å². The van der Waals surface area contributed by atoms with Gasteiger partial charge in [-0.3, -0.25) is 19.3 Å². The lowest BCUT2D eigenvalue weighted by Gasteiger charge is -2.26. The Morgan fingerprint density at radius 2 is 1.62 bits per heavy atom. The highest BCUT2D eigenvalue weighted by atomic mass is 16.5. The van der Waals surface area contributed by atoms with Crippen LogP contribution in [0.15, 0.2) is 78.4 Å². The van der Waals surface area contributed by atoms with Crippen LogP contribution in [-0.2, 0) is 25.5 Å². The number of esters is 1. The van der Waals surface area contributed by atoms with Gasteiger partial charge in [0.2, 0.25) is 0 Å². The topological polar surface area (TPSA) is 93.1 Å². The van der Waals surface area contributed by atoms with Crippen molar-refractivity contribution in [1.82, 2.24) is 0 Å². The predicted molar refractivity (Wildman–Crippen MR) is 140 cm³/mol. The number of methoxy groups -OCH3 is 1. The Hall–Kier alpha value is -4.39. The highest BCUT2D eigenvalue weighted by Gasteiger charge is 2.47.